The van der Waals surface area contributed by atoms with Gasteiger partial charge in [-0.25, -0.2) is 4.85 Å². The van der Waals surface area contributed by atoms with Gasteiger partial charge in [-0.15, -0.1) is 0 Å². The molecule has 2 aromatic rings. The fourth-order valence-electron chi connectivity index (χ4n) is 3.27. The summed E-state index contributed by atoms with van der Waals surface area (Å²) in [5.41, 5.74) is 3.65. The molecule has 1 unspecified atom stereocenters. The molecule has 2 N–H and O–H groups in total. The van der Waals surface area contributed by atoms with E-state index in [9.17, 15) is 9.90 Å². The standard InChI is InChI=1S/C21H23N3O2/c1-22-19-8-4-7-17(13-19)21(26)23-11-9-20(25)15-24-12-10-16-5-2-3-6-18(16)14-24/h2-8,13,20,25H,9-12,14-15H2,(H,23,26). The summed E-state index contributed by atoms with van der Waals surface area (Å²) in [6.07, 6.45) is 1.04. The molecule has 1 aliphatic rings. The van der Waals surface area contributed by atoms with E-state index in [2.05, 4.69) is 39.3 Å². The molecule has 0 fully saturated rings. The van der Waals surface area contributed by atoms with Crippen molar-refractivity contribution in [1.29, 1.82) is 0 Å². The van der Waals surface area contributed by atoms with E-state index in [1.165, 1.54) is 11.1 Å². The van der Waals surface area contributed by atoms with E-state index in [0.29, 0.717) is 30.8 Å². The van der Waals surface area contributed by atoms with Crippen LogP contribution in [0, 0.1) is 6.57 Å². The fourth-order valence-corrected chi connectivity index (χ4v) is 3.27. The van der Waals surface area contributed by atoms with E-state index in [1.54, 1.807) is 24.3 Å². The Kier molecular flexibility index (Phi) is 6.00. The summed E-state index contributed by atoms with van der Waals surface area (Å²) in [6.45, 7) is 9.83. The largest absolute Gasteiger partial charge is 0.392 e. The van der Waals surface area contributed by atoms with Gasteiger partial charge in [0.15, 0.2) is 5.69 Å². The summed E-state index contributed by atoms with van der Waals surface area (Å²) in [5, 5.41) is 13.1. The molecule has 0 bridgehead atoms. The van der Waals surface area contributed by atoms with Gasteiger partial charge in [-0.2, -0.15) is 0 Å². The Morgan fingerprint density at radius 1 is 1.23 bits per heavy atom. The van der Waals surface area contributed by atoms with Crippen LogP contribution >= 0.6 is 0 Å². The van der Waals surface area contributed by atoms with E-state index in [4.69, 9.17) is 6.57 Å². The zero-order valence-corrected chi connectivity index (χ0v) is 14.7. The van der Waals surface area contributed by atoms with Gasteiger partial charge < -0.3 is 10.4 Å². The van der Waals surface area contributed by atoms with Crippen LogP contribution in [0.5, 0.6) is 0 Å². The van der Waals surface area contributed by atoms with Crippen molar-refractivity contribution in [2.75, 3.05) is 19.6 Å². The average molecular weight is 349 g/mol. The molecule has 1 amide bonds. The number of β-amino-alcohol motifs (C(OH)–C–C–N with tert-alkyl or cyclic N) is 1. The van der Waals surface area contributed by atoms with Gasteiger partial charge in [0.25, 0.3) is 0 Å². The minimum absolute atomic E-state index is 0.213. The maximum absolute atomic E-state index is 12.1. The van der Waals surface area contributed by atoms with Crippen molar-refractivity contribution in [2.45, 2.75) is 25.5 Å². The third-order valence-electron chi connectivity index (χ3n) is 4.68. The number of nitrogens with zero attached hydrogens (tertiary/aromatic N) is 2. The van der Waals surface area contributed by atoms with Crippen LogP contribution in [0.3, 0.4) is 0 Å². The van der Waals surface area contributed by atoms with Crippen LogP contribution in [0.2, 0.25) is 0 Å². The highest BCUT2D eigenvalue weighted by molar-refractivity contribution is 5.95. The maximum atomic E-state index is 12.1. The van der Waals surface area contributed by atoms with Crippen LogP contribution in [-0.2, 0) is 13.0 Å². The maximum Gasteiger partial charge on any atom is 0.250 e. The minimum atomic E-state index is -0.477. The summed E-state index contributed by atoms with van der Waals surface area (Å²) >= 11 is 0. The third kappa shape index (κ3) is 4.69. The van der Waals surface area contributed by atoms with E-state index in [-0.39, 0.29) is 5.91 Å². The molecule has 0 aromatic heterocycles. The molecule has 1 heterocycles. The van der Waals surface area contributed by atoms with E-state index in [1.807, 2.05) is 0 Å². The Labute approximate surface area is 154 Å². The van der Waals surface area contributed by atoms with Crippen molar-refractivity contribution in [3.8, 4) is 0 Å². The highest BCUT2D eigenvalue weighted by atomic mass is 16.3. The molecule has 2 aromatic carbocycles. The molecule has 0 aliphatic carbocycles. The van der Waals surface area contributed by atoms with Gasteiger partial charge in [0.1, 0.15) is 0 Å². The second kappa shape index (κ2) is 8.61. The Balaban J connectivity index is 1.42. The molecule has 0 saturated carbocycles. The second-order valence-electron chi connectivity index (χ2n) is 6.61. The van der Waals surface area contributed by atoms with Crippen LogP contribution in [0.15, 0.2) is 48.5 Å². The number of carbonyl (C=O) groups excluding carboxylic acids is 1. The van der Waals surface area contributed by atoms with Gasteiger partial charge in [0.05, 0.1) is 12.7 Å². The zero-order valence-electron chi connectivity index (χ0n) is 14.7. The number of rotatable bonds is 6. The molecule has 3 rings (SSSR count). The van der Waals surface area contributed by atoms with Gasteiger partial charge in [-0.1, -0.05) is 42.5 Å². The summed E-state index contributed by atoms with van der Waals surface area (Å²) in [7, 11) is 0. The second-order valence-corrected chi connectivity index (χ2v) is 6.61. The first-order valence-electron chi connectivity index (χ1n) is 8.88. The van der Waals surface area contributed by atoms with Crippen LogP contribution < -0.4 is 5.32 Å². The number of benzene rings is 2. The number of aliphatic hydroxyl groups is 1. The molecular weight excluding hydrogens is 326 g/mol. The predicted molar refractivity (Wildman–Crippen MR) is 101 cm³/mol. The van der Waals surface area contributed by atoms with Gasteiger partial charge in [0, 0.05) is 31.7 Å². The predicted octanol–water partition coefficient (Wildman–Crippen LogP) is 2.78. The number of amides is 1. The summed E-state index contributed by atoms with van der Waals surface area (Å²) in [4.78, 5) is 17.7. The van der Waals surface area contributed by atoms with Gasteiger partial charge in [-0.05, 0) is 30.0 Å². The molecule has 5 heteroatoms. The third-order valence-corrected chi connectivity index (χ3v) is 4.68. The number of hydrogen-bond acceptors (Lipinski definition) is 3. The lowest BCUT2D eigenvalue weighted by atomic mass is 9.99. The molecule has 26 heavy (non-hydrogen) atoms. The van der Waals surface area contributed by atoms with Gasteiger partial charge in [0.2, 0.25) is 5.91 Å². The number of fused-ring (bicyclic) bond motifs is 1. The van der Waals surface area contributed by atoms with Crippen molar-refractivity contribution in [3.05, 3.63) is 76.6 Å². The summed E-state index contributed by atoms with van der Waals surface area (Å²) in [6, 6.07) is 15.1. The van der Waals surface area contributed by atoms with E-state index < -0.39 is 6.10 Å². The lowest BCUT2D eigenvalue weighted by molar-refractivity contribution is 0.0892. The molecular formula is C21H23N3O2. The topological polar surface area (TPSA) is 56.9 Å². The molecule has 0 spiro atoms. The Hall–Kier alpha value is -2.68. The monoisotopic (exact) mass is 349 g/mol. The Morgan fingerprint density at radius 2 is 2.04 bits per heavy atom. The first-order chi connectivity index (χ1) is 12.7. The zero-order chi connectivity index (χ0) is 18.4. The first-order valence-corrected chi connectivity index (χ1v) is 8.88. The van der Waals surface area contributed by atoms with Crippen LogP contribution in [0.25, 0.3) is 4.85 Å². The number of hydrogen-bond donors (Lipinski definition) is 2. The quantitative estimate of drug-likeness (QED) is 0.789. The van der Waals surface area contributed by atoms with Crippen molar-refractivity contribution in [2.24, 2.45) is 0 Å². The Morgan fingerprint density at radius 3 is 2.85 bits per heavy atom. The fraction of sp³-hybridized carbons (Fsp3) is 0.333. The first kappa shape index (κ1) is 18.1. The van der Waals surface area contributed by atoms with Gasteiger partial charge in [-0.3, -0.25) is 9.69 Å². The SMILES string of the molecule is [C-]#[N+]c1cccc(C(=O)NCCC(O)CN2CCc3ccccc3C2)c1. The summed E-state index contributed by atoms with van der Waals surface area (Å²) in [5.74, 6) is -0.213. The average Bonchev–Trinajstić information content (AvgIpc) is 2.67. The van der Waals surface area contributed by atoms with Crippen LogP contribution in [0.1, 0.15) is 27.9 Å². The lowest BCUT2D eigenvalue weighted by Crippen LogP contribution is -2.38. The van der Waals surface area contributed by atoms with E-state index in [0.717, 1.165) is 19.5 Å². The highest BCUT2D eigenvalue weighted by Crippen LogP contribution is 2.18. The minimum Gasteiger partial charge on any atom is -0.392 e. The van der Waals surface area contributed by atoms with Crippen molar-refractivity contribution in [1.82, 2.24) is 10.2 Å². The highest BCUT2D eigenvalue weighted by Gasteiger charge is 2.18. The lowest BCUT2D eigenvalue weighted by Gasteiger charge is -2.30. The number of nitrogens with one attached hydrogen (secondary N) is 1. The number of carbonyl (C=O) groups is 1. The van der Waals surface area contributed by atoms with Crippen molar-refractivity contribution < 1.29 is 9.90 Å². The van der Waals surface area contributed by atoms with Gasteiger partial charge >= 0.3 is 0 Å². The molecule has 0 radical (unpaired) electrons. The summed E-state index contributed by atoms with van der Waals surface area (Å²) < 4.78 is 0. The molecule has 0 saturated heterocycles. The molecule has 1 atom stereocenters. The van der Waals surface area contributed by atoms with E-state index >= 15 is 0 Å². The van der Waals surface area contributed by atoms with Crippen LogP contribution in [0.4, 0.5) is 5.69 Å². The van der Waals surface area contributed by atoms with Crippen LogP contribution in [-0.4, -0.2) is 41.7 Å². The normalized spacial score (nSPS) is 14.9. The Bertz CT molecular complexity index is 813. The number of aliphatic hydroxyl groups excluding tert-OH is 1. The molecule has 1 aliphatic heterocycles. The molecule has 5 nitrogen and oxygen atoms in total. The van der Waals surface area contributed by atoms with Crippen molar-refractivity contribution >= 4 is 11.6 Å². The smallest absolute Gasteiger partial charge is 0.250 e. The van der Waals surface area contributed by atoms with Crippen molar-refractivity contribution in [3.63, 3.8) is 0 Å². The molecule has 134 valence electrons.